The zero-order valence-electron chi connectivity index (χ0n) is 14.8. The summed E-state index contributed by atoms with van der Waals surface area (Å²) >= 11 is 0. The van der Waals surface area contributed by atoms with Crippen molar-refractivity contribution in [2.45, 2.75) is 39.7 Å². The molecule has 3 rings (SSSR count). The van der Waals surface area contributed by atoms with Crippen LogP contribution in [0.15, 0.2) is 12.7 Å². The molecule has 2 aromatic rings. The fourth-order valence-corrected chi connectivity index (χ4v) is 3.59. The Hall–Kier alpha value is -2.02. The zero-order valence-corrected chi connectivity index (χ0v) is 14.8. The number of amides is 1. The molecule has 2 unspecified atom stereocenters. The molecule has 130 valence electrons. The Balaban J connectivity index is 1.68. The van der Waals surface area contributed by atoms with Crippen molar-refractivity contribution in [3.8, 4) is 0 Å². The van der Waals surface area contributed by atoms with Crippen molar-refractivity contribution in [1.29, 1.82) is 0 Å². The van der Waals surface area contributed by atoms with E-state index < -0.39 is 0 Å². The van der Waals surface area contributed by atoms with E-state index in [4.69, 9.17) is 0 Å². The van der Waals surface area contributed by atoms with Gasteiger partial charge in [0.1, 0.15) is 11.8 Å². The van der Waals surface area contributed by atoms with E-state index >= 15 is 0 Å². The minimum absolute atomic E-state index is 0.0985. The number of imidazole rings is 1. The predicted molar refractivity (Wildman–Crippen MR) is 92.6 cm³/mol. The molecule has 2 N–H and O–H groups in total. The number of piperidine rings is 1. The van der Waals surface area contributed by atoms with Crippen molar-refractivity contribution in [2.75, 3.05) is 19.6 Å². The number of rotatable bonds is 4. The van der Waals surface area contributed by atoms with Gasteiger partial charge in [0.25, 0.3) is 5.91 Å². The second-order valence-electron chi connectivity index (χ2n) is 7.67. The van der Waals surface area contributed by atoms with Crippen LogP contribution >= 0.6 is 0 Å². The van der Waals surface area contributed by atoms with Gasteiger partial charge < -0.3 is 10.3 Å². The molecule has 0 aliphatic carbocycles. The first-order chi connectivity index (χ1) is 11.4. The molecule has 3 heterocycles. The molecule has 7 heteroatoms. The Morgan fingerprint density at radius 2 is 2.00 bits per heavy atom. The Bertz CT molecular complexity index is 715. The number of aromatic nitrogens is 4. The molecule has 0 bridgehead atoms. The highest BCUT2D eigenvalue weighted by atomic mass is 16.1. The van der Waals surface area contributed by atoms with E-state index in [1.54, 1.807) is 0 Å². The summed E-state index contributed by atoms with van der Waals surface area (Å²) in [4.78, 5) is 30.2. The number of likely N-dealkylation sites (tertiary alicyclic amines) is 1. The fraction of sp³-hybridized carbons (Fsp3) is 0.647. The molecule has 1 aliphatic heterocycles. The van der Waals surface area contributed by atoms with Crippen molar-refractivity contribution in [2.24, 2.45) is 11.8 Å². The number of fused-ring (bicyclic) bond motifs is 1. The number of H-pyrrole nitrogens is 1. The zero-order chi connectivity index (χ0) is 17.3. The van der Waals surface area contributed by atoms with Crippen LogP contribution < -0.4 is 5.32 Å². The highest BCUT2D eigenvalue weighted by Gasteiger charge is 2.33. The maximum Gasteiger partial charge on any atom is 0.272 e. The van der Waals surface area contributed by atoms with Crippen molar-refractivity contribution in [3.05, 3.63) is 18.3 Å². The maximum atomic E-state index is 12.5. The van der Waals surface area contributed by atoms with E-state index in [1.165, 1.54) is 19.1 Å². The Labute approximate surface area is 142 Å². The van der Waals surface area contributed by atoms with Crippen LogP contribution in [0.5, 0.6) is 0 Å². The molecule has 2 aromatic heterocycles. The molecule has 0 radical (unpaired) electrons. The molecule has 1 amide bonds. The van der Waals surface area contributed by atoms with Gasteiger partial charge >= 0.3 is 0 Å². The van der Waals surface area contributed by atoms with Gasteiger partial charge in [-0.15, -0.1) is 0 Å². The van der Waals surface area contributed by atoms with E-state index in [0.717, 1.165) is 13.1 Å². The summed E-state index contributed by atoms with van der Waals surface area (Å²) in [7, 11) is 0. The van der Waals surface area contributed by atoms with Crippen LogP contribution in [0.4, 0.5) is 0 Å². The monoisotopic (exact) mass is 330 g/mol. The second-order valence-corrected chi connectivity index (χ2v) is 7.67. The van der Waals surface area contributed by atoms with Crippen LogP contribution in [0.1, 0.15) is 44.6 Å². The number of hydrogen-bond acceptors (Lipinski definition) is 5. The number of carbonyl (C=O) groups excluding carboxylic acids is 1. The lowest BCUT2D eigenvalue weighted by molar-refractivity contribution is 0.0444. The first kappa shape index (κ1) is 16.8. The van der Waals surface area contributed by atoms with Gasteiger partial charge in [-0.1, -0.05) is 13.8 Å². The number of hydrogen-bond donors (Lipinski definition) is 2. The Morgan fingerprint density at radius 1 is 1.29 bits per heavy atom. The maximum absolute atomic E-state index is 12.5. The molecule has 7 nitrogen and oxygen atoms in total. The molecular formula is C17H26N6O. The normalized spacial score (nSPS) is 22.7. The highest BCUT2D eigenvalue weighted by molar-refractivity contribution is 6.01. The number of aromatic amines is 1. The topological polar surface area (TPSA) is 86.8 Å². The first-order valence-corrected chi connectivity index (χ1v) is 8.54. The molecule has 0 spiro atoms. The largest absolute Gasteiger partial charge is 0.349 e. The van der Waals surface area contributed by atoms with Gasteiger partial charge in [-0.05, 0) is 32.1 Å². The summed E-state index contributed by atoms with van der Waals surface area (Å²) < 4.78 is 0. The van der Waals surface area contributed by atoms with Crippen LogP contribution in [0.25, 0.3) is 11.2 Å². The number of nitrogens with one attached hydrogen (secondary N) is 2. The Morgan fingerprint density at radius 3 is 2.71 bits per heavy atom. The number of nitrogens with zero attached hydrogens (tertiary/aromatic N) is 4. The van der Waals surface area contributed by atoms with Crippen molar-refractivity contribution in [3.63, 3.8) is 0 Å². The summed E-state index contributed by atoms with van der Waals surface area (Å²) in [5.74, 6) is 1.18. The van der Waals surface area contributed by atoms with E-state index in [-0.39, 0.29) is 11.4 Å². The lowest BCUT2D eigenvalue weighted by atomic mass is 9.88. The molecule has 1 aliphatic rings. The summed E-state index contributed by atoms with van der Waals surface area (Å²) in [6.45, 7) is 11.7. The van der Waals surface area contributed by atoms with Gasteiger partial charge in [0.15, 0.2) is 11.3 Å². The highest BCUT2D eigenvalue weighted by Crippen LogP contribution is 2.26. The summed E-state index contributed by atoms with van der Waals surface area (Å²) in [6, 6.07) is 0. The van der Waals surface area contributed by atoms with E-state index in [1.807, 2.05) is 0 Å². The standard InChI is InChI=1S/C17H26N6O/c1-11-5-12(2)7-23(6-11)17(3,4)8-18-16(24)14-13-15(21-9-19-13)22-10-20-14/h9-12H,5-8H2,1-4H3,(H,18,24)(H,19,20,21,22). The Kier molecular flexibility index (Phi) is 4.54. The molecule has 24 heavy (non-hydrogen) atoms. The lowest BCUT2D eigenvalue weighted by Crippen LogP contribution is -2.56. The molecule has 1 fully saturated rings. The molecule has 1 saturated heterocycles. The van der Waals surface area contributed by atoms with E-state index in [2.05, 4.69) is 57.8 Å². The van der Waals surface area contributed by atoms with Gasteiger partial charge in [-0.2, -0.15) is 0 Å². The molecule has 0 aromatic carbocycles. The fourth-order valence-electron chi connectivity index (χ4n) is 3.59. The summed E-state index contributed by atoms with van der Waals surface area (Å²) in [5, 5.41) is 3.03. The summed E-state index contributed by atoms with van der Waals surface area (Å²) in [5.41, 5.74) is 1.33. The first-order valence-electron chi connectivity index (χ1n) is 8.54. The third-order valence-electron chi connectivity index (χ3n) is 4.84. The smallest absolute Gasteiger partial charge is 0.272 e. The second kappa shape index (κ2) is 6.47. The van der Waals surface area contributed by atoms with Crippen molar-refractivity contribution < 1.29 is 4.79 Å². The van der Waals surface area contributed by atoms with E-state index in [9.17, 15) is 4.79 Å². The van der Waals surface area contributed by atoms with Crippen LogP contribution in [-0.4, -0.2) is 55.9 Å². The van der Waals surface area contributed by atoms with E-state index in [0.29, 0.717) is 35.2 Å². The van der Waals surface area contributed by atoms with Gasteiger partial charge in [0.2, 0.25) is 0 Å². The molecule has 0 saturated carbocycles. The SMILES string of the molecule is CC1CC(C)CN(C(C)(C)CNC(=O)c2ncnc3nc[nH]c23)C1. The minimum atomic E-state index is -0.196. The third kappa shape index (κ3) is 3.40. The van der Waals surface area contributed by atoms with Crippen LogP contribution in [0.3, 0.4) is 0 Å². The summed E-state index contributed by atoms with van der Waals surface area (Å²) in [6.07, 6.45) is 4.17. The number of carbonyl (C=O) groups is 1. The molecular weight excluding hydrogens is 304 g/mol. The van der Waals surface area contributed by atoms with Gasteiger partial charge in [-0.25, -0.2) is 15.0 Å². The van der Waals surface area contributed by atoms with Crippen LogP contribution in [-0.2, 0) is 0 Å². The van der Waals surface area contributed by atoms with Crippen molar-refractivity contribution in [1.82, 2.24) is 30.2 Å². The minimum Gasteiger partial charge on any atom is -0.349 e. The van der Waals surface area contributed by atoms with Gasteiger partial charge in [0, 0.05) is 25.2 Å². The van der Waals surface area contributed by atoms with Crippen LogP contribution in [0.2, 0.25) is 0 Å². The third-order valence-corrected chi connectivity index (χ3v) is 4.84. The van der Waals surface area contributed by atoms with Crippen LogP contribution in [0, 0.1) is 11.8 Å². The van der Waals surface area contributed by atoms with Gasteiger partial charge in [-0.3, -0.25) is 9.69 Å². The average Bonchev–Trinajstić information content (AvgIpc) is 3.00. The predicted octanol–water partition coefficient (Wildman–Crippen LogP) is 1.84. The lowest BCUT2D eigenvalue weighted by Gasteiger charge is -2.45. The van der Waals surface area contributed by atoms with Gasteiger partial charge in [0.05, 0.1) is 6.33 Å². The quantitative estimate of drug-likeness (QED) is 0.893. The van der Waals surface area contributed by atoms with Crippen molar-refractivity contribution >= 4 is 17.1 Å². The molecule has 2 atom stereocenters. The average molecular weight is 330 g/mol.